The van der Waals surface area contributed by atoms with E-state index in [-0.39, 0.29) is 16.5 Å². The topological polar surface area (TPSA) is 79.6 Å². The van der Waals surface area contributed by atoms with Crippen LogP contribution in [0.4, 0.5) is 11.5 Å². The van der Waals surface area contributed by atoms with Gasteiger partial charge >= 0.3 is 5.69 Å². The van der Waals surface area contributed by atoms with Crippen LogP contribution in [0.25, 0.3) is 0 Å². The van der Waals surface area contributed by atoms with Crippen molar-refractivity contribution >= 4 is 17.4 Å². The Morgan fingerprint density at radius 1 is 1.26 bits per heavy atom. The number of aromatic nitrogens is 1. The predicted octanol–water partition coefficient (Wildman–Crippen LogP) is 2.22. The lowest BCUT2D eigenvalue weighted by Crippen LogP contribution is -2.43. The summed E-state index contributed by atoms with van der Waals surface area (Å²) in [5, 5.41) is 11.1. The Morgan fingerprint density at radius 2 is 2.04 bits per heavy atom. The highest BCUT2D eigenvalue weighted by atomic mass is 16.6. The standard InChI is InChI=1S/C16H22N4O3/c21-15-5-1-2-9-19(15)12-13-6-10-18(11-7-13)16-14(20(22)23)4-3-8-17-16/h3-4,8,13H,1-2,5-7,9-12H2. The van der Waals surface area contributed by atoms with Gasteiger partial charge in [-0.3, -0.25) is 14.9 Å². The van der Waals surface area contributed by atoms with Crippen molar-refractivity contribution in [1.82, 2.24) is 9.88 Å². The molecule has 1 aromatic rings. The molecule has 1 amide bonds. The van der Waals surface area contributed by atoms with Gasteiger partial charge in [0.05, 0.1) is 4.92 Å². The number of carbonyl (C=O) groups is 1. The summed E-state index contributed by atoms with van der Waals surface area (Å²) >= 11 is 0. The summed E-state index contributed by atoms with van der Waals surface area (Å²) in [5.74, 6) is 1.22. The van der Waals surface area contributed by atoms with E-state index in [4.69, 9.17) is 0 Å². The van der Waals surface area contributed by atoms with Crippen molar-refractivity contribution in [3.8, 4) is 0 Å². The maximum absolute atomic E-state index is 11.9. The minimum atomic E-state index is -0.374. The van der Waals surface area contributed by atoms with Crippen LogP contribution in [0.15, 0.2) is 18.3 Å². The van der Waals surface area contributed by atoms with Crippen molar-refractivity contribution in [1.29, 1.82) is 0 Å². The number of rotatable bonds is 4. The Balaban J connectivity index is 1.58. The van der Waals surface area contributed by atoms with Crippen molar-refractivity contribution in [2.75, 3.05) is 31.1 Å². The van der Waals surface area contributed by atoms with Gasteiger partial charge in [0.2, 0.25) is 11.7 Å². The SMILES string of the molecule is O=C1CCCCN1CC1CCN(c2ncccc2[N+](=O)[O-])CC1. The molecule has 0 bridgehead atoms. The number of nitrogens with zero attached hydrogens (tertiary/aromatic N) is 4. The molecule has 0 atom stereocenters. The molecule has 3 rings (SSSR count). The molecule has 2 fully saturated rings. The second-order valence-corrected chi connectivity index (χ2v) is 6.33. The van der Waals surface area contributed by atoms with E-state index in [0.29, 0.717) is 18.2 Å². The third-order valence-electron chi connectivity index (χ3n) is 4.78. The first kappa shape index (κ1) is 15.7. The Bertz CT molecular complexity index is 584. The maximum Gasteiger partial charge on any atom is 0.311 e. The summed E-state index contributed by atoms with van der Waals surface area (Å²) in [6.07, 6.45) is 6.27. The Labute approximate surface area is 135 Å². The molecule has 0 radical (unpaired) electrons. The van der Waals surface area contributed by atoms with Gasteiger partial charge in [-0.15, -0.1) is 0 Å². The molecule has 2 saturated heterocycles. The number of hydrogen-bond acceptors (Lipinski definition) is 5. The molecule has 1 aromatic heterocycles. The molecular formula is C16H22N4O3. The van der Waals surface area contributed by atoms with Crippen molar-refractivity contribution in [3.63, 3.8) is 0 Å². The number of anilines is 1. The van der Waals surface area contributed by atoms with Crippen molar-refractivity contribution in [2.24, 2.45) is 5.92 Å². The molecule has 7 heteroatoms. The van der Waals surface area contributed by atoms with E-state index in [9.17, 15) is 14.9 Å². The molecule has 23 heavy (non-hydrogen) atoms. The average molecular weight is 318 g/mol. The van der Waals surface area contributed by atoms with Crippen LogP contribution in [-0.4, -0.2) is 46.9 Å². The molecular weight excluding hydrogens is 296 g/mol. The third-order valence-corrected chi connectivity index (χ3v) is 4.78. The zero-order valence-electron chi connectivity index (χ0n) is 13.2. The summed E-state index contributed by atoms with van der Waals surface area (Å²) in [6, 6.07) is 3.09. The van der Waals surface area contributed by atoms with Crippen LogP contribution in [0.5, 0.6) is 0 Å². The van der Waals surface area contributed by atoms with E-state index in [1.54, 1.807) is 12.3 Å². The smallest absolute Gasteiger partial charge is 0.311 e. The van der Waals surface area contributed by atoms with Crippen LogP contribution in [-0.2, 0) is 4.79 Å². The van der Waals surface area contributed by atoms with Gasteiger partial charge in [-0.1, -0.05) is 0 Å². The number of amides is 1. The van der Waals surface area contributed by atoms with E-state index in [1.807, 2.05) is 9.80 Å². The van der Waals surface area contributed by atoms with Gasteiger partial charge in [0.15, 0.2) is 0 Å². The average Bonchev–Trinajstić information content (AvgIpc) is 2.58. The lowest BCUT2D eigenvalue weighted by atomic mass is 9.95. The molecule has 0 aromatic carbocycles. The van der Waals surface area contributed by atoms with Gasteiger partial charge in [0.1, 0.15) is 0 Å². The van der Waals surface area contributed by atoms with Gasteiger partial charge in [0.25, 0.3) is 0 Å². The van der Waals surface area contributed by atoms with E-state index in [0.717, 1.165) is 51.9 Å². The van der Waals surface area contributed by atoms with E-state index >= 15 is 0 Å². The second-order valence-electron chi connectivity index (χ2n) is 6.33. The molecule has 0 saturated carbocycles. The van der Waals surface area contributed by atoms with Crippen molar-refractivity contribution < 1.29 is 9.72 Å². The van der Waals surface area contributed by atoms with E-state index < -0.39 is 0 Å². The lowest BCUT2D eigenvalue weighted by Gasteiger charge is -2.36. The van der Waals surface area contributed by atoms with Crippen LogP contribution in [0, 0.1) is 16.0 Å². The number of nitro groups is 1. The van der Waals surface area contributed by atoms with Gasteiger partial charge in [-0.05, 0) is 37.7 Å². The number of hydrogen-bond donors (Lipinski definition) is 0. The molecule has 0 N–H and O–H groups in total. The first-order valence-electron chi connectivity index (χ1n) is 8.27. The minimum absolute atomic E-state index is 0.0668. The summed E-state index contributed by atoms with van der Waals surface area (Å²) in [7, 11) is 0. The minimum Gasteiger partial charge on any atom is -0.351 e. The van der Waals surface area contributed by atoms with Crippen LogP contribution in [0.3, 0.4) is 0 Å². The highest BCUT2D eigenvalue weighted by molar-refractivity contribution is 5.76. The molecule has 0 aliphatic carbocycles. The quantitative estimate of drug-likeness (QED) is 0.628. The molecule has 2 aliphatic rings. The summed E-state index contributed by atoms with van der Waals surface area (Å²) in [4.78, 5) is 30.8. The molecule has 2 aliphatic heterocycles. The predicted molar refractivity (Wildman–Crippen MR) is 86.3 cm³/mol. The number of likely N-dealkylation sites (tertiary alicyclic amines) is 1. The van der Waals surface area contributed by atoms with E-state index in [2.05, 4.69) is 4.98 Å². The molecule has 7 nitrogen and oxygen atoms in total. The highest BCUT2D eigenvalue weighted by Crippen LogP contribution is 2.29. The first-order chi connectivity index (χ1) is 11.1. The van der Waals surface area contributed by atoms with Gasteiger partial charge in [-0.25, -0.2) is 4.98 Å². The highest BCUT2D eigenvalue weighted by Gasteiger charge is 2.28. The fourth-order valence-corrected chi connectivity index (χ4v) is 3.47. The normalized spacial score (nSPS) is 19.9. The monoisotopic (exact) mass is 318 g/mol. The van der Waals surface area contributed by atoms with Crippen LogP contribution in [0.1, 0.15) is 32.1 Å². The van der Waals surface area contributed by atoms with Crippen molar-refractivity contribution in [2.45, 2.75) is 32.1 Å². The first-order valence-corrected chi connectivity index (χ1v) is 8.27. The maximum atomic E-state index is 11.9. The molecule has 3 heterocycles. The second kappa shape index (κ2) is 6.93. The lowest BCUT2D eigenvalue weighted by molar-refractivity contribution is -0.384. The zero-order valence-corrected chi connectivity index (χ0v) is 13.2. The van der Waals surface area contributed by atoms with Crippen molar-refractivity contribution in [3.05, 3.63) is 28.4 Å². The number of pyridine rings is 1. The number of carbonyl (C=O) groups excluding carboxylic acids is 1. The summed E-state index contributed by atoms with van der Waals surface area (Å²) < 4.78 is 0. The molecule has 0 spiro atoms. The van der Waals surface area contributed by atoms with Gasteiger partial charge < -0.3 is 9.80 Å². The summed E-state index contributed by atoms with van der Waals surface area (Å²) in [5.41, 5.74) is 0.0668. The van der Waals surface area contributed by atoms with Crippen LogP contribution < -0.4 is 4.90 Å². The zero-order chi connectivity index (χ0) is 16.2. The fourth-order valence-electron chi connectivity index (χ4n) is 3.47. The third kappa shape index (κ3) is 3.60. The molecule has 124 valence electrons. The largest absolute Gasteiger partial charge is 0.351 e. The van der Waals surface area contributed by atoms with E-state index in [1.165, 1.54) is 6.07 Å². The van der Waals surface area contributed by atoms with Gasteiger partial charge in [0, 0.05) is 44.9 Å². The van der Waals surface area contributed by atoms with Crippen LogP contribution in [0.2, 0.25) is 0 Å². The molecule has 0 unspecified atom stereocenters. The Hall–Kier alpha value is -2.18. The van der Waals surface area contributed by atoms with Crippen LogP contribution >= 0.6 is 0 Å². The number of piperidine rings is 2. The summed E-state index contributed by atoms with van der Waals surface area (Å²) in [6.45, 7) is 3.22. The Kier molecular flexibility index (Phi) is 4.73. The Morgan fingerprint density at radius 3 is 2.74 bits per heavy atom. The fraction of sp³-hybridized carbons (Fsp3) is 0.625. The van der Waals surface area contributed by atoms with Gasteiger partial charge in [-0.2, -0.15) is 0 Å².